The fourth-order valence-corrected chi connectivity index (χ4v) is 2.40. The largest absolute Gasteiger partial charge is 0.327 e. The number of hydrogen-bond acceptors (Lipinski definition) is 3. The number of nitrogens with two attached hydrogens (primary N) is 1. The summed E-state index contributed by atoms with van der Waals surface area (Å²) in [6.07, 6.45) is 4.72. The van der Waals surface area contributed by atoms with Crippen LogP contribution in [0.1, 0.15) is 16.7 Å². The molecule has 88 valence electrons. The van der Waals surface area contributed by atoms with Gasteiger partial charge >= 0.3 is 0 Å². The minimum absolute atomic E-state index is 0.361. The van der Waals surface area contributed by atoms with E-state index >= 15 is 0 Å². The second-order valence-corrected chi connectivity index (χ2v) is 5.87. The van der Waals surface area contributed by atoms with Gasteiger partial charge in [-0.1, -0.05) is 18.2 Å². The van der Waals surface area contributed by atoms with Crippen LogP contribution in [0.15, 0.2) is 23.1 Å². The summed E-state index contributed by atoms with van der Waals surface area (Å²) in [4.78, 5) is 0.361. The second kappa shape index (κ2) is 4.80. The Labute approximate surface area is 96.9 Å². The molecule has 0 saturated heterocycles. The maximum absolute atomic E-state index is 11.6. The number of sulfone groups is 1. The number of rotatable bonds is 3. The first-order valence-corrected chi connectivity index (χ1v) is 6.93. The summed E-state index contributed by atoms with van der Waals surface area (Å²) in [5, 5.41) is 0. The van der Waals surface area contributed by atoms with Crippen molar-refractivity contribution < 1.29 is 8.42 Å². The standard InChI is InChI=1S/C12H17NO2S/c1-9-7-11(5-4-6-13)12(8-10(9)2)16(3,14)15/h4-5,7-8H,6,13H2,1-3H3/b5-4+. The molecule has 0 amide bonds. The van der Waals surface area contributed by atoms with Gasteiger partial charge in [0.05, 0.1) is 4.90 Å². The van der Waals surface area contributed by atoms with Gasteiger partial charge < -0.3 is 5.73 Å². The molecule has 0 fully saturated rings. The van der Waals surface area contributed by atoms with Crippen molar-refractivity contribution >= 4 is 15.9 Å². The minimum atomic E-state index is -3.20. The van der Waals surface area contributed by atoms with Crippen LogP contribution in [-0.2, 0) is 9.84 Å². The molecule has 0 aliphatic carbocycles. The van der Waals surface area contributed by atoms with Crippen molar-refractivity contribution in [2.24, 2.45) is 5.73 Å². The molecular weight excluding hydrogens is 222 g/mol. The highest BCUT2D eigenvalue weighted by molar-refractivity contribution is 7.90. The molecule has 0 heterocycles. The lowest BCUT2D eigenvalue weighted by molar-refractivity contribution is 0.601. The number of hydrogen-bond donors (Lipinski definition) is 1. The fourth-order valence-electron chi connectivity index (χ4n) is 1.46. The van der Waals surface area contributed by atoms with Crippen LogP contribution in [0.3, 0.4) is 0 Å². The van der Waals surface area contributed by atoms with E-state index < -0.39 is 9.84 Å². The third-order valence-corrected chi connectivity index (χ3v) is 3.61. The maximum Gasteiger partial charge on any atom is 0.176 e. The molecular formula is C12H17NO2S. The van der Waals surface area contributed by atoms with Crippen LogP contribution < -0.4 is 5.73 Å². The van der Waals surface area contributed by atoms with Gasteiger partial charge in [-0.2, -0.15) is 0 Å². The molecule has 0 aromatic heterocycles. The van der Waals surface area contributed by atoms with Crippen molar-refractivity contribution in [2.45, 2.75) is 18.7 Å². The van der Waals surface area contributed by atoms with Crippen LogP contribution in [0.25, 0.3) is 6.08 Å². The lowest BCUT2D eigenvalue weighted by Gasteiger charge is -2.08. The van der Waals surface area contributed by atoms with Crippen molar-refractivity contribution in [1.29, 1.82) is 0 Å². The summed E-state index contributed by atoms with van der Waals surface area (Å²) in [6.45, 7) is 4.26. The Morgan fingerprint density at radius 2 is 1.81 bits per heavy atom. The van der Waals surface area contributed by atoms with Crippen molar-refractivity contribution in [3.8, 4) is 0 Å². The van der Waals surface area contributed by atoms with E-state index in [4.69, 9.17) is 5.73 Å². The van der Waals surface area contributed by atoms with Gasteiger partial charge in [-0.05, 0) is 36.6 Å². The number of aryl methyl sites for hydroxylation is 2. The summed E-state index contributed by atoms with van der Waals surface area (Å²) >= 11 is 0. The average molecular weight is 239 g/mol. The minimum Gasteiger partial charge on any atom is -0.327 e. The van der Waals surface area contributed by atoms with E-state index in [1.807, 2.05) is 19.9 Å². The Bertz CT molecular complexity index is 516. The van der Waals surface area contributed by atoms with Crippen molar-refractivity contribution in [2.75, 3.05) is 12.8 Å². The zero-order chi connectivity index (χ0) is 12.3. The zero-order valence-electron chi connectivity index (χ0n) is 9.82. The molecule has 2 N–H and O–H groups in total. The molecule has 0 atom stereocenters. The first-order valence-electron chi connectivity index (χ1n) is 5.04. The summed E-state index contributed by atoms with van der Waals surface area (Å²) in [6, 6.07) is 3.58. The summed E-state index contributed by atoms with van der Waals surface area (Å²) in [5.74, 6) is 0. The van der Waals surface area contributed by atoms with Crippen molar-refractivity contribution in [3.63, 3.8) is 0 Å². The Morgan fingerprint density at radius 1 is 1.25 bits per heavy atom. The molecule has 0 spiro atoms. The lowest BCUT2D eigenvalue weighted by Crippen LogP contribution is -2.02. The van der Waals surface area contributed by atoms with Gasteiger partial charge in [0.15, 0.2) is 9.84 Å². The van der Waals surface area contributed by atoms with Gasteiger partial charge in [-0.3, -0.25) is 0 Å². The van der Waals surface area contributed by atoms with Crippen LogP contribution in [0.2, 0.25) is 0 Å². The third-order valence-electron chi connectivity index (χ3n) is 2.46. The van der Waals surface area contributed by atoms with Gasteiger partial charge in [0, 0.05) is 12.8 Å². The highest BCUT2D eigenvalue weighted by Gasteiger charge is 2.12. The SMILES string of the molecule is Cc1cc(/C=C/CN)c(S(C)(=O)=O)cc1C. The molecule has 1 rings (SSSR count). The highest BCUT2D eigenvalue weighted by Crippen LogP contribution is 2.21. The quantitative estimate of drug-likeness (QED) is 0.873. The predicted molar refractivity (Wildman–Crippen MR) is 67.1 cm³/mol. The zero-order valence-corrected chi connectivity index (χ0v) is 10.6. The van der Waals surface area contributed by atoms with E-state index in [9.17, 15) is 8.42 Å². The second-order valence-electron chi connectivity index (χ2n) is 3.88. The van der Waals surface area contributed by atoms with Gasteiger partial charge in [-0.25, -0.2) is 8.42 Å². The summed E-state index contributed by atoms with van der Waals surface area (Å²) < 4.78 is 23.2. The van der Waals surface area contributed by atoms with E-state index in [1.165, 1.54) is 6.26 Å². The van der Waals surface area contributed by atoms with E-state index in [-0.39, 0.29) is 0 Å². The van der Waals surface area contributed by atoms with E-state index in [2.05, 4.69) is 0 Å². The third kappa shape index (κ3) is 2.93. The molecule has 0 aliphatic rings. The molecule has 0 unspecified atom stereocenters. The Balaban J connectivity index is 3.46. The first-order chi connectivity index (χ1) is 7.36. The highest BCUT2D eigenvalue weighted by atomic mass is 32.2. The van der Waals surface area contributed by atoms with E-state index in [0.717, 1.165) is 11.1 Å². The molecule has 0 radical (unpaired) electrons. The van der Waals surface area contributed by atoms with Crippen molar-refractivity contribution in [1.82, 2.24) is 0 Å². The van der Waals surface area contributed by atoms with Gasteiger partial charge in [0.25, 0.3) is 0 Å². The Hall–Kier alpha value is -1.13. The fraction of sp³-hybridized carbons (Fsp3) is 0.333. The molecule has 1 aromatic rings. The molecule has 0 bridgehead atoms. The van der Waals surface area contributed by atoms with Crippen LogP contribution in [0, 0.1) is 13.8 Å². The average Bonchev–Trinajstić information content (AvgIpc) is 2.17. The molecule has 0 aliphatic heterocycles. The van der Waals surface area contributed by atoms with E-state index in [1.54, 1.807) is 18.2 Å². The Morgan fingerprint density at radius 3 is 2.31 bits per heavy atom. The topological polar surface area (TPSA) is 60.2 Å². The van der Waals surface area contributed by atoms with Gasteiger partial charge in [-0.15, -0.1) is 0 Å². The van der Waals surface area contributed by atoms with E-state index in [0.29, 0.717) is 17.0 Å². The summed E-state index contributed by atoms with van der Waals surface area (Å²) in [7, 11) is -3.20. The predicted octanol–water partition coefficient (Wildman–Crippen LogP) is 1.68. The molecule has 0 saturated carbocycles. The smallest absolute Gasteiger partial charge is 0.176 e. The van der Waals surface area contributed by atoms with Crippen molar-refractivity contribution in [3.05, 3.63) is 34.9 Å². The lowest BCUT2D eigenvalue weighted by atomic mass is 10.1. The summed E-state index contributed by atoms with van der Waals surface area (Å²) in [5.41, 5.74) is 8.12. The van der Waals surface area contributed by atoms with Crippen LogP contribution in [-0.4, -0.2) is 21.2 Å². The molecule has 4 heteroatoms. The first kappa shape index (κ1) is 12.9. The number of benzene rings is 1. The van der Waals surface area contributed by atoms with Gasteiger partial charge in [0.2, 0.25) is 0 Å². The maximum atomic E-state index is 11.6. The monoisotopic (exact) mass is 239 g/mol. The van der Waals surface area contributed by atoms with Gasteiger partial charge in [0.1, 0.15) is 0 Å². The normalized spacial score (nSPS) is 12.2. The van der Waals surface area contributed by atoms with Crippen LogP contribution in [0.5, 0.6) is 0 Å². The molecule has 3 nitrogen and oxygen atoms in total. The Kier molecular flexibility index (Phi) is 3.88. The van der Waals surface area contributed by atoms with Crippen LogP contribution >= 0.6 is 0 Å². The molecule has 1 aromatic carbocycles. The molecule has 16 heavy (non-hydrogen) atoms. The van der Waals surface area contributed by atoms with Crippen LogP contribution in [0.4, 0.5) is 0 Å².